The highest BCUT2D eigenvalue weighted by molar-refractivity contribution is 5.79. The van der Waals surface area contributed by atoms with E-state index in [0.717, 1.165) is 60.3 Å². The maximum Gasteiger partial charge on any atom is 0.240 e. The number of unbranched alkanes of at least 4 members (excludes halogenated alkanes) is 3. The number of aromatic nitrogens is 4. The summed E-state index contributed by atoms with van der Waals surface area (Å²) in [4.78, 5) is 9.42. The summed E-state index contributed by atoms with van der Waals surface area (Å²) in [7, 11) is 1.64. The number of benzene rings is 2. The zero-order valence-corrected chi connectivity index (χ0v) is 17.5. The maximum atomic E-state index is 5.52. The summed E-state index contributed by atoms with van der Waals surface area (Å²) in [6.45, 7) is 1.82. The van der Waals surface area contributed by atoms with E-state index in [1.54, 1.807) is 7.11 Å². The Labute approximate surface area is 176 Å². The van der Waals surface area contributed by atoms with Gasteiger partial charge in [-0.3, -0.25) is 0 Å². The highest BCUT2D eigenvalue weighted by Crippen LogP contribution is 2.29. The van der Waals surface area contributed by atoms with Gasteiger partial charge in [0.25, 0.3) is 0 Å². The first-order chi connectivity index (χ1) is 14.7. The fourth-order valence-corrected chi connectivity index (χ4v) is 3.59. The smallest absolute Gasteiger partial charge is 0.240 e. The molecule has 2 heterocycles. The summed E-state index contributed by atoms with van der Waals surface area (Å²) in [6, 6.07) is 16.4. The van der Waals surface area contributed by atoms with Crippen molar-refractivity contribution in [3.63, 3.8) is 0 Å². The predicted octanol–water partition coefficient (Wildman–Crippen LogP) is 5.34. The van der Waals surface area contributed by atoms with Gasteiger partial charge < -0.3 is 9.15 Å². The van der Waals surface area contributed by atoms with E-state index in [1.807, 2.05) is 31.2 Å². The standard InChI is InChI=1S/C24H26N4O2/c1-17-27-28-22(30-17)15-6-4-3-5-10-18-11-9-12-19(16-18)23-24(29-2)26-21-14-8-7-13-20(21)25-23/h7-9,11-14,16H,3-6,10,15H2,1-2H3. The minimum absolute atomic E-state index is 0.558. The lowest BCUT2D eigenvalue weighted by Crippen LogP contribution is -1.97. The molecule has 0 aliphatic carbocycles. The first-order valence-electron chi connectivity index (χ1n) is 10.4. The van der Waals surface area contributed by atoms with E-state index in [-0.39, 0.29) is 0 Å². The Hall–Kier alpha value is -3.28. The number of hydrogen-bond acceptors (Lipinski definition) is 6. The van der Waals surface area contributed by atoms with Crippen LogP contribution in [0.1, 0.15) is 43.0 Å². The van der Waals surface area contributed by atoms with Gasteiger partial charge in [-0.15, -0.1) is 10.2 Å². The molecule has 2 aromatic heterocycles. The molecule has 6 nitrogen and oxygen atoms in total. The Morgan fingerprint density at radius 2 is 1.60 bits per heavy atom. The molecule has 0 aliphatic rings. The minimum atomic E-state index is 0.558. The van der Waals surface area contributed by atoms with Crippen LogP contribution in [0.5, 0.6) is 5.88 Å². The second-order valence-corrected chi connectivity index (χ2v) is 7.40. The molecule has 4 aromatic rings. The van der Waals surface area contributed by atoms with Gasteiger partial charge in [0, 0.05) is 18.9 Å². The van der Waals surface area contributed by atoms with Crippen LogP contribution in [0.15, 0.2) is 52.9 Å². The number of para-hydroxylation sites is 2. The predicted molar refractivity (Wildman–Crippen MR) is 116 cm³/mol. The molecule has 4 rings (SSSR count). The molecule has 0 N–H and O–H groups in total. The van der Waals surface area contributed by atoms with Crippen LogP contribution in [-0.2, 0) is 12.8 Å². The molecule has 0 amide bonds. The average Bonchev–Trinajstić information content (AvgIpc) is 3.20. The fraction of sp³-hybridized carbons (Fsp3) is 0.333. The maximum absolute atomic E-state index is 5.52. The molecular weight excluding hydrogens is 376 g/mol. The molecule has 0 unspecified atom stereocenters. The minimum Gasteiger partial charge on any atom is -0.479 e. The summed E-state index contributed by atoms with van der Waals surface area (Å²) >= 11 is 0. The highest BCUT2D eigenvalue weighted by Gasteiger charge is 2.12. The van der Waals surface area contributed by atoms with Crippen LogP contribution in [0.25, 0.3) is 22.3 Å². The zero-order valence-electron chi connectivity index (χ0n) is 17.5. The third-order valence-corrected chi connectivity index (χ3v) is 5.11. The van der Waals surface area contributed by atoms with Gasteiger partial charge in [-0.1, -0.05) is 43.2 Å². The molecule has 154 valence electrons. The summed E-state index contributed by atoms with van der Waals surface area (Å²) < 4.78 is 10.9. The molecule has 0 aliphatic heterocycles. The number of rotatable bonds is 9. The first-order valence-corrected chi connectivity index (χ1v) is 10.4. The van der Waals surface area contributed by atoms with Gasteiger partial charge in [0.1, 0.15) is 5.69 Å². The number of hydrogen-bond donors (Lipinski definition) is 0. The lowest BCUT2D eigenvalue weighted by molar-refractivity contribution is 0.400. The summed E-state index contributed by atoms with van der Waals surface area (Å²) in [5, 5.41) is 7.91. The van der Waals surface area contributed by atoms with Crippen molar-refractivity contribution >= 4 is 11.0 Å². The molecule has 2 aromatic carbocycles. The Kier molecular flexibility index (Phi) is 6.32. The monoisotopic (exact) mass is 402 g/mol. The van der Waals surface area contributed by atoms with Gasteiger partial charge in [-0.05, 0) is 43.0 Å². The lowest BCUT2D eigenvalue weighted by atomic mass is 10.0. The highest BCUT2D eigenvalue weighted by atomic mass is 16.5. The second kappa shape index (κ2) is 9.48. The number of aryl methyl sites for hydroxylation is 3. The quantitative estimate of drug-likeness (QED) is 0.352. The topological polar surface area (TPSA) is 73.9 Å². The normalized spacial score (nSPS) is 11.1. The van der Waals surface area contributed by atoms with Crippen molar-refractivity contribution in [1.29, 1.82) is 0 Å². The van der Waals surface area contributed by atoms with Crippen molar-refractivity contribution in [2.75, 3.05) is 7.11 Å². The first kappa shape index (κ1) is 20.0. The number of fused-ring (bicyclic) bond motifs is 1. The molecule has 30 heavy (non-hydrogen) atoms. The molecule has 0 saturated heterocycles. The number of methoxy groups -OCH3 is 1. The van der Waals surface area contributed by atoms with Crippen LogP contribution in [0.2, 0.25) is 0 Å². The van der Waals surface area contributed by atoms with E-state index in [0.29, 0.717) is 11.8 Å². The molecule has 6 heteroatoms. The van der Waals surface area contributed by atoms with Crippen LogP contribution in [0.4, 0.5) is 0 Å². The molecule has 0 radical (unpaired) electrons. The van der Waals surface area contributed by atoms with Crippen LogP contribution in [0, 0.1) is 6.92 Å². The third-order valence-electron chi connectivity index (χ3n) is 5.11. The lowest BCUT2D eigenvalue weighted by Gasteiger charge is -2.10. The van der Waals surface area contributed by atoms with Gasteiger partial charge in [0.2, 0.25) is 17.7 Å². The van der Waals surface area contributed by atoms with Gasteiger partial charge in [0.05, 0.1) is 18.1 Å². The van der Waals surface area contributed by atoms with Gasteiger partial charge in [-0.25, -0.2) is 9.97 Å². The third kappa shape index (κ3) is 4.82. The molecule has 0 fully saturated rings. The summed E-state index contributed by atoms with van der Waals surface area (Å²) in [5.41, 5.74) is 4.83. The zero-order chi connectivity index (χ0) is 20.8. The van der Waals surface area contributed by atoms with Crippen molar-refractivity contribution in [3.05, 3.63) is 65.9 Å². The molecule has 0 spiro atoms. The Morgan fingerprint density at radius 3 is 2.33 bits per heavy atom. The van der Waals surface area contributed by atoms with E-state index < -0.39 is 0 Å². The van der Waals surface area contributed by atoms with E-state index in [9.17, 15) is 0 Å². The number of ether oxygens (including phenoxy) is 1. The average molecular weight is 402 g/mol. The van der Waals surface area contributed by atoms with Crippen LogP contribution < -0.4 is 4.74 Å². The Balaban J connectivity index is 1.36. The SMILES string of the molecule is COc1nc2ccccc2nc1-c1cccc(CCCCCCc2nnc(C)o2)c1. The van der Waals surface area contributed by atoms with Crippen LogP contribution in [0.3, 0.4) is 0 Å². The van der Waals surface area contributed by atoms with Crippen LogP contribution >= 0.6 is 0 Å². The van der Waals surface area contributed by atoms with E-state index in [4.69, 9.17) is 14.1 Å². The van der Waals surface area contributed by atoms with Gasteiger partial charge >= 0.3 is 0 Å². The van der Waals surface area contributed by atoms with Crippen molar-refractivity contribution < 1.29 is 9.15 Å². The van der Waals surface area contributed by atoms with Crippen molar-refractivity contribution in [1.82, 2.24) is 20.2 Å². The van der Waals surface area contributed by atoms with E-state index >= 15 is 0 Å². The summed E-state index contributed by atoms with van der Waals surface area (Å²) in [5.74, 6) is 1.94. The van der Waals surface area contributed by atoms with Crippen LogP contribution in [-0.4, -0.2) is 27.3 Å². The second-order valence-electron chi connectivity index (χ2n) is 7.40. The Bertz CT molecular complexity index is 1120. The van der Waals surface area contributed by atoms with Gasteiger partial charge in [-0.2, -0.15) is 0 Å². The van der Waals surface area contributed by atoms with Gasteiger partial charge in [0.15, 0.2) is 0 Å². The molecule has 0 bridgehead atoms. The van der Waals surface area contributed by atoms with Crippen molar-refractivity contribution in [2.45, 2.75) is 45.4 Å². The van der Waals surface area contributed by atoms with Crippen molar-refractivity contribution in [2.24, 2.45) is 0 Å². The van der Waals surface area contributed by atoms with Crippen molar-refractivity contribution in [3.8, 4) is 17.1 Å². The molecule has 0 saturated carbocycles. The number of nitrogens with zero attached hydrogens (tertiary/aromatic N) is 4. The largest absolute Gasteiger partial charge is 0.479 e. The van der Waals surface area contributed by atoms with E-state index in [1.165, 1.54) is 12.0 Å². The molecular formula is C24H26N4O2. The fourth-order valence-electron chi connectivity index (χ4n) is 3.59. The molecule has 0 atom stereocenters. The Morgan fingerprint density at radius 1 is 0.833 bits per heavy atom. The summed E-state index contributed by atoms with van der Waals surface area (Å²) in [6.07, 6.45) is 6.45. The van der Waals surface area contributed by atoms with E-state index in [2.05, 4.69) is 39.4 Å².